The number of ether oxygens (including phenoxy) is 2. The van der Waals surface area contributed by atoms with Crippen LogP contribution in [0.25, 0.3) is 10.2 Å². The Hall–Kier alpha value is -3.03. The van der Waals surface area contributed by atoms with Crippen LogP contribution in [0, 0.1) is 17.6 Å². The van der Waals surface area contributed by atoms with Crippen molar-refractivity contribution in [3.63, 3.8) is 0 Å². The number of fused-ring (bicyclic) bond motifs is 1. The molecule has 0 saturated carbocycles. The second-order valence-corrected chi connectivity index (χ2v) is 8.55. The molecule has 166 valence electrons. The largest absolute Gasteiger partial charge is 0.622 e. The van der Waals surface area contributed by atoms with Crippen molar-refractivity contribution in [1.82, 2.24) is 19.5 Å². The van der Waals surface area contributed by atoms with Gasteiger partial charge in [-0.25, -0.2) is 9.69 Å². The number of hydrogen-bond donors (Lipinski definition) is 0. The van der Waals surface area contributed by atoms with Crippen molar-refractivity contribution < 1.29 is 14.3 Å². The van der Waals surface area contributed by atoms with Gasteiger partial charge in [0.15, 0.2) is 0 Å². The number of carbonyl (C=O) groups is 1. The lowest BCUT2D eigenvalue weighted by Gasteiger charge is -2.38. The molecule has 0 spiro atoms. The van der Waals surface area contributed by atoms with Crippen LogP contribution in [0.5, 0.6) is 5.75 Å². The average molecular weight is 453 g/mol. The van der Waals surface area contributed by atoms with Crippen LogP contribution in [0.4, 0.5) is 5.13 Å². The Kier molecular flexibility index (Phi) is 6.67. The first kappa shape index (κ1) is 22.2. The van der Waals surface area contributed by atoms with Crippen LogP contribution >= 0.6 is 11.3 Å². The van der Waals surface area contributed by atoms with Crippen molar-refractivity contribution in [2.24, 2.45) is 0 Å². The van der Waals surface area contributed by atoms with E-state index in [9.17, 15) is 10.0 Å². The smallest absolute Gasteiger partial charge is 0.344 e. The first-order valence-electron chi connectivity index (χ1n) is 10.4. The number of carbonyl (C=O) groups excluding carboxylic acids is 1. The van der Waals surface area contributed by atoms with Crippen LogP contribution in [-0.4, -0.2) is 53.4 Å². The van der Waals surface area contributed by atoms with Crippen LogP contribution < -0.4 is 9.38 Å². The van der Waals surface area contributed by atoms with E-state index in [1.165, 1.54) is 17.5 Å². The highest BCUT2D eigenvalue weighted by Gasteiger charge is 2.46. The number of pyridine rings is 1. The number of thiazole rings is 1. The number of benzene rings is 1. The molecule has 3 aromatic rings. The molecule has 8 nitrogen and oxygen atoms in total. The number of esters is 1. The molecule has 4 rings (SSSR count). The summed E-state index contributed by atoms with van der Waals surface area (Å²) in [4.78, 5) is 23.1. The van der Waals surface area contributed by atoms with Crippen LogP contribution in [0.3, 0.4) is 0 Å². The maximum atomic E-state index is 14.1. The first-order chi connectivity index (χ1) is 15.5. The summed E-state index contributed by atoms with van der Waals surface area (Å²) in [5.41, 5.74) is 1.00. The van der Waals surface area contributed by atoms with E-state index in [0.717, 1.165) is 16.9 Å². The number of rotatable bonds is 8. The molecule has 1 saturated heterocycles. The van der Waals surface area contributed by atoms with Crippen molar-refractivity contribution in [2.45, 2.75) is 26.0 Å². The monoisotopic (exact) mass is 452 g/mol. The van der Waals surface area contributed by atoms with Gasteiger partial charge in [-0.3, -0.25) is 9.63 Å². The zero-order valence-corrected chi connectivity index (χ0v) is 18.6. The van der Waals surface area contributed by atoms with Gasteiger partial charge in [-0.15, -0.1) is 12.3 Å². The van der Waals surface area contributed by atoms with E-state index in [-0.39, 0.29) is 13.2 Å². The van der Waals surface area contributed by atoms with E-state index in [2.05, 4.69) is 15.9 Å². The summed E-state index contributed by atoms with van der Waals surface area (Å²) in [6.07, 6.45) is 8.84. The van der Waals surface area contributed by atoms with Gasteiger partial charge in [0.1, 0.15) is 12.4 Å². The summed E-state index contributed by atoms with van der Waals surface area (Å²) >= 11 is 1.29. The Bertz CT molecular complexity index is 1130. The average Bonchev–Trinajstić information content (AvgIpc) is 3.38. The third-order valence-electron chi connectivity index (χ3n) is 5.15. The van der Waals surface area contributed by atoms with Crippen molar-refractivity contribution in [1.29, 1.82) is 0 Å². The molecule has 32 heavy (non-hydrogen) atoms. The van der Waals surface area contributed by atoms with Gasteiger partial charge in [-0.05, 0) is 36.8 Å². The van der Waals surface area contributed by atoms with Gasteiger partial charge in [-0.2, -0.15) is 4.98 Å². The van der Waals surface area contributed by atoms with E-state index in [1.54, 1.807) is 18.3 Å². The highest BCUT2D eigenvalue weighted by molar-refractivity contribution is 7.22. The van der Waals surface area contributed by atoms with E-state index in [0.29, 0.717) is 35.8 Å². The number of nitrogens with zero attached hydrogens (tertiary/aromatic N) is 4. The fourth-order valence-electron chi connectivity index (χ4n) is 3.53. The lowest BCUT2D eigenvalue weighted by Crippen LogP contribution is -2.50. The van der Waals surface area contributed by atoms with Crippen LogP contribution in [0.2, 0.25) is 0 Å². The molecule has 1 aromatic carbocycles. The Labute approximate surface area is 190 Å². The molecule has 1 aliphatic rings. The minimum absolute atomic E-state index is 0.103. The fourth-order valence-corrected chi connectivity index (χ4v) is 4.59. The molecule has 1 aliphatic heterocycles. The molecule has 2 aromatic heterocycles. The van der Waals surface area contributed by atoms with Gasteiger partial charge >= 0.3 is 5.97 Å². The number of terminal acetylenes is 1. The molecule has 2 unspecified atom stereocenters. The highest BCUT2D eigenvalue weighted by Crippen LogP contribution is 2.39. The Balaban J connectivity index is 1.63. The minimum atomic E-state index is -0.961. The fraction of sp³-hybridized carbons (Fsp3) is 0.348. The summed E-state index contributed by atoms with van der Waals surface area (Å²) in [5, 5.41) is 14.4. The molecule has 0 aliphatic carbocycles. The highest BCUT2D eigenvalue weighted by atomic mass is 32.1. The van der Waals surface area contributed by atoms with E-state index in [4.69, 9.17) is 15.9 Å². The zero-order chi connectivity index (χ0) is 22.6. The predicted octanol–water partition coefficient (Wildman–Crippen LogP) is 3.76. The molecule has 1 fully saturated rings. The second-order valence-electron chi connectivity index (χ2n) is 7.54. The van der Waals surface area contributed by atoms with Crippen molar-refractivity contribution in [3.8, 4) is 18.1 Å². The summed E-state index contributed by atoms with van der Waals surface area (Å²) in [6, 6.07) is 8.83. The number of hydrogen-bond acceptors (Lipinski definition) is 8. The number of aromatic nitrogens is 2. The third kappa shape index (κ3) is 4.59. The van der Waals surface area contributed by atoms with E-state index >= 15 is 0 Å². The maximum absolute atomic E-state index is 14.1. The van der Waals surface area contributed by atoms with E-state index in [1.807, 2.05) is 30.0 Å². The van der Waals surface area contributed by atoms with Gasteiger partial charge in [0, 0.05) is 25.4 Å². The summed E-state index contributed by atoms with van der Waals surface area (Å²) in [6.45, 7) is 3.58. The molecule has 0 amide bonds. The molecular weight excluding hydrogens is 428 g/mol. The molecule has 9 heteroatoms. The molecular formula is C23H24N4O4S. The second kappa shape index (κ2) is 9.63. The Morgan fingerprint density at radius 1 is 1.44 bits per heavy atom. The van der Waals surface area contributed by atoms with Crippen molar-refractivity contribution in [3.05, 3.63) is 53.5 Å². The summed E-state index contributed by atoms with van der Waals surface area (Å²) in [5.74, 6) is 2.75. The topological polar surface area (TPSA) is 87.6 Å². The van der Waals surface area contributed by atoms with Gasteiger partial charge < -0.3 is 14.7 Å². The van der Waals surface area contributed by atoms with Gasteiger partial charge in [-0.1, -0.05) is 18.3 Å². The van der Waals surface area contributed by atoms with Gasteiger partial charge in [0.2, 0.25) is 0 Å². The standard InChI is InChI=1S/C23H24N4O4S/c1-3-5-11-26-15-21(31-22(28)17-7-6-10-24-14-17)27(29,16-26)23-25-19-9-8-18(30-12-4-2)13-20(19)32-23/h1,6-10,13-14,21H,4-5,11-12,15-16H2,2H3. The van der Waals surface area contributed by atoms with E-state index < -0.39 is 16.8 Å². The summed E-state index contributed by atoms with van der Waals surface area (Å²) < 4.78 is 11.4. The molecule has 2 atom stereocenters. The van der Waals surface area contributed by atoms with Gasteiger partial charge in [0.05, 0.1) is 28.9 Å². The SMILES string of the molecule is C#CCCN1CC(OC(=O)c2cccnc2)[N+]([O-])(c2nc3ccc(OCCC)cc3s2)C1. The van der Waals surface area contributed by atoms with Crippen LogP contribution in [0.15, 0.2) is 42.7 Å². The number of quaternary nitrogens is 1. The van der Waals surface area contributed by atoms with Crippen LogP contribution in [0.1, 0.15) is 30.1 Å². The third-order valence-corrected chi connectivity index (χ3v) is 6.28. The first-order valence-corrected chi connectivity index (χ1v) is 11.2. The molecule has 3 heterocycles. The van der Waals surface area contributed by atoms with Crippen molar-refractivity contribution in [2.75, 3.05) is 26.4 Å². The van der Waals surface area contributed by atoms with Gasteiger partial charge in [0.25, 0.3) is 11.4 Å². The maximum Gasteiger partial charge on any atom is 0.344 e. The molecule has 0 radical (unpaired) electrons. The Morgan fingerprint density at radius 3 is 3.06 bits per heavy atom. The zero-order valence-electron chi connectivity index (χ0n) is 17.8. The summed E-state index contributed by atoms with van der Waals surface area (Å²) in [7, 11) is 0. The van der Waals surface area contributed by atoms with Crippen molar-refractivity contribution >= 4 is 32.7 Å². The number of hydroxylamine groups is 2. The Morgan fingerprint density at radius 2 is 2.31 bits per heavy atom. The lowest BCUT2D eigenvalue weighted by molar-refractivity contribution is 0.00561. The molecule has 0 bridgehead atoms. The lowest BCUT2D eigenvalue weighted by atomic mass is 10.3. The van der Waals surface area contributed by atoms with Crippen LogP contribution in [-0.2, 0) is 4.74 Å². The predicted molar refractivity (Wildman–Crippen MR) is 124 cm³/mol. The quantitative estimate of drug-likeness (QED) is 0.223. The normalized spacial score (nSPS) is 20.8. The minimum Gasteiger partial charge on any atom is -0.622 e. The molecule has 0 N–H and O–H groups in total.